The van der Waals surface area contributed by atoms with E-state index in [0.29, 0.717) is 18.7 Å². The van der Waals surface area contributed by atoms with Gasteiger partial charge in [0.1, 0.15) is 0 Å². The molecule has 2 aromatic rings. The number of nitrogens with zero attached hydrogens (tertiary/aromatic N) is 4. The molecule has 0 fully saturated rings. The van der Waals surface area contributed by atoms with E-state index in [1.165, 1.54) is 23.3 Å². The molecule has 2 heterocycles. The maximum absolute atomic E-state index is 11.7. The summed E-state index contributed by atoms with van der Waals surface area (Å²) in [5.74, 6) is -1.35. The van der Waals surface area contributed by atoms with Crippen molar-refractivity contribution in [2.24, 2.45) is 0 Å². The van der Waals surface area contributed by atoms with Gasteiger partial charge in [-0.2, -0.15) is 0 Å². The summed E-state index contributed by atoms with van der Waals surface area (Å²) in [6.07, 6.45) is 4.37. The molecule has 2 aromatic heterocycles. The van der Waals surface area contributed by atoms with Gasteiger partial charge in [-0.25, -0.2) is 9.48 Å². The van der Waals surface area contributed by atoms with Crippen LogP contribution < -0.4 is 5.32 Å². The van der Waals surface area contributed by atoms with Crippen LogP contribution in [0.25, 0.3) is 0 Å². The summed E-state index contributed by atoms with van der Waals surface area (Å²) in [5.41, 5.74) is 0.389. The van der Waals surface area contributed by atoms with Crippen LogP contribution >= 0.6 is 0 Å². The summed E-state index contributed by atoms with van der Waals surface area (Å²) in [4.78, 5) is 26.1. The van der Waals surface area contributed by atoms with E-state index in [9.17, 15) is 9.59 Å². The van der Waals surface area contributed by atoms with Crippen LogP contribution in [-0.2, 0) is 6.54 Å². The Balaban J connectivity index is 1.83. The van der Waals surface area contributed by atoms with E-state index >= 15 is 0 Å². The van der Waals surface area contributed by atoms with Crippen LogP contribution in [0.15, 0.2) is 30.7 Å². The molecular weight excluding hydrogens is 250 g/mol. The van der Waals surface area contributed by atoms with Gasteiger partial charge in [0.25, 0.3) is 5.91 Å². The molecule has 0 aliphatic rings. The number of carbonyl (C=O) groups excluding carboxylic acids is 1. The van der Waals surface area contributed by atoms with Crippen LogP contribution in [0.4, 0.5) is 0 Å². The Morgan fingerprint density at radius 3 is 2.68 bits per heavy atom. The minimum Gasteiger partial charge on any atom is -0.476 e. The van der Waals surface area contributed by atoms with E-state index in [2.05, 4.69) is 20.6 Å². The van der Waals surface area contributed by atoms with Crippen molar-refractivity contribution in [2.45, 2.75) is 6.54 Å². The van der Waals surface area contributed by atoms with Gasteiger partial charge >= 0.3 is 5.97 Å². The van der Waals surface area contributed by atoms with Crippen LogP contribution in [0.5, 0.6) is 0 Å². The summed E-state index contributed by atoms with van der Waals surface area (Å²) in [5, 5.41) is 18.4. The Kier molecular flexibility index (Phi) is 3.81. The van der Waals surface area contributed by atoms with Gasteiger partial charge in [-0.1, -0.05) is 5.21 Å². The van der Waals surface area contributed by atoms with Gasteiger partial charge < -0.3 is 10.4 Å². The summed E-state index contributed by atoms with van der Waals surface area (Å²) >= 11 is 0. The van der Waals surface area contributed by atoms with E-state index < -0.39 is 5.97 Å². The predicted octanol–water partition coefficient (Wildman–Crippen LogP) is -0.199. The lowest BCUT2D eigenvalue weighted by Gasteiger charge is -2.04. The summed E-state index contributed by atoms with van der Waals surface area (Å²) in [6.45, 7) is 0.667. The zero-order valence-electron chi connectivity index (χ0n) is 9.85. The van der Waals surface area contributed by atoms with Gasteiger partial charge in [-0.3, -0.25) is 9.78 Å². The highest BCUT2D eigenvalue weighted by Crippen LogP contribution is 1.96. The van der Waals surface area contributed by atoms with Crippen LogP contribution in [0.2, 0.25) is 0 Å². The zero-order chi connectivity index (χ0) is 13.7. The lowest BCUT2D eigenvalue weighted by molar-refractivity contribution is 0.0690. The molecule has 1 amide bonds. The zero-order valence-corrected chi connectivity index (χ0v) is 9.85. The molecule has 19 heavy (non-hydrogen) atoms. The summed E-state index contributed by atoms with van der Waals surface area (Å²) in [6, 6.07) is 3.21. The molecule has 0 radical (unpaired) electrons. The van der Waals surface area contributed by atoms with Crippen molar-refractivity contribution < 1.29 is 14.7 Å². The second kappa shape index (κ2) is 5.71. The fourth-order valence-electron chi connectivity index (χ4n) is 1.40. The molecule has 0 saturated carbocycles. The van der Waals surface area contributed by atoms with E-state index in [4.69, 9.17) is 5.11 Å². The molecule has 0 aromatic carbocycles. The normalized spacial score (nSPS) is 10.1. The number of carboxylic acids is 1. The lowest BCUT2D eigenvalue weighted by atomic mass is 10.2. The highest BCUT2D eigenvalue weighted by molar-refractivity contribution is 5.93. The van der Waals surface area contributed by atoms with Crippen LogP contribution in [0.3, 0.4) is 0 Å². The Morgan fingerprint density at radius 1 is 1.32 bits per heavy atom. The lowest BCUT2D eigenvalue weighted by Crippen LogP contribution is -2.27. The van der Waals surface area contributed by atoms with Gasteiger partial charge in [0, 0.05) is 24.5 Å². The molecular formula is C11H11N5O3. The Bertz CT molecular complexity index is 581. The fourth-order valence-corrected chi connectivity index (χ4v) is 1.40. The maximum atomic E-state index is 11.7. The molecule has 0 spiro atoms. The summed E-state index contributed by atoms with van der Waals surface area (Å²) in [7, 11) is 0. The number of aromatic nitrogens is 4. The number of nitrogens with one attached hydrogen (secondary N) is 1. The van der Waals surface area contributed by atoms with E-state index in [-0.39, 0.29) is 11.6 Å². The molecule has 0 bridgehead atoms. The number of rotatable bonds is 5. The highest BCUT2D eigenvalue weighted by Gasteiger charge is 2.08. The van der Waals surface area contributed by atoms with Gasteiger partial charge in [-0.05, 0) is 12.1 Å². The molecule has 2 rings (SSSR count). The third kappa shape index (κ3) is 3.35. The Labute approximate surface area is 108 Å². The quantitative estimate of drug-likeness (QED) is 0.771. The van der Waals surface area contributed by atoms with Gasteiger partial charge in [0.2, 0.25) is 0 Å². The Hall–Kier alpha value is -2.77. The first-order valence-electron chi connectivity index (χ1n) is 5.48. The number of pyridine rings is 1. The van der Waals surface area contributed by atoms with Crippen LogP contribution in [0, 0.1) is 0 Å². The standard InChI is InChI=1S/C11H11N5O3/c17-10(8-1-3-12-4-2-8)13-5-6-16-7-9(11(18)19)14-15-16/h1-4,7H,5-6H2,(H,13,17)(H,18,19). The number of carbonyl (C=O) groups is 2. The molecule has 0 unspecified atom stereocenters. The van der Waals surface area contributed by atoms with Crippen molar-refractivity contribution in [3.05, 3.63) is 42.0 Å². The van der Waals surface area contributed by atoms with Crippen molar-refractivity contribution in [1.82, 2.24) is 25.3 Å². The highest BCUT2D eigenvalue weighted by atomic mass is 16.4. The number of aromatic carboxylic acids is 1. The van der Waals surface area contributed by atoms with E-state index in [1.807, 2.05) is 0 Å². The second-order valence-corrected chi connectivity index (χ2v) is 3.66. The second-order valence-electron chi connectivity index (χ2n) is 3.66. The molecule has 2 N–H and O–H groups in total. The molecule has 8 nitrogen and oxygen atoms in total. The number of hydrogen-bond donors (Lipinski definition) is 2. The van der Waals surface area contributed by atoms with Crippen LogP contribution in [-0.4, -0.2) is 43.5 Å². The molecule has 0 saturated heterocycles. The topological polar surface area (TPSA) is 110 Å². The van der Waals surface area contributed by atoms with Crippen molar-refractivity contribution in [1.29, 1.82) is 0 Å². The molecule has 8 heteroatoms. The third-order valence-electron chi connectivity index (χ3n) is 2.33. The minimum atomic E-state index is -1.13. The third-order valence-corrected chi connectivity index (χ3v) is 2.33. The minimum absolute atomic E-state index is 0.125. The maximum Gasteiger partial charge on any atom is 0.358 e. The smallest absolute Gasteiger partial charge is 0.358 e. The monoisotopic (exact) mass is 261 g/mol. The van der Waals surface area contributed by atoms with Crippen molar-refractivity contribution in [3.63, 3.8) is 0 Å². The average Bonchev–Trinajstić information content (AvgIpc) is 2.89. The molecule has 0 aliphatic carbocycles. The van der Waals surface area contributed by atoms with E-state index in [0.717, 1.165) is 0 Å². The summed E-state index contributed by atoms with van der Waals surface area (Å²) < 4.78 is 1.36. The largest absolute Gasteiger partial charge is 0.476 e. The first-order chi connectivity index (χ1) is 9.16. The van der Waals surface area contributed by atoms with E-state index in [1.54, 1.807) is 12.1 Å². The Morgan fingerprint density at radius 2 is 2.05 bits per heavy atom. The van der Waals surface area contributed by atoms with Crippen LogP contribution in [0.1, 0.15) is 20.8 Å². The first-order valence-corrected chi connectivity index (χ1v) is 5.48. The van der Waals surface area contributed by atoms with Gasteiger partial charge in [-0.15, -0.1) is 5.10 Å². The first kappa shape index (κ1) is 12.7. The van der Waals surface area contributed by atoms with Crippen molar-refractivity contribution in [3.8, 4) is 0 Å². The molecule has 0 aliphatic heterocycles. The number of carboxylic acid groups (broad SMARTS) is 1. The van der Waals surface area contributed by atoms with Gasteiger partial charge in [0.15, 0.2) is 5.69 Å². The SMILES string of the molecule is O=C(NCCn1cc(C(=O)O)nn1)c1ccncc1. The number of amides is 1. The van der Waals surface area contributed by atoms with Gasteiger partial charge in [0.05, 0.1) is 12.7 Å². The molecule has 98 valence electrons. The molecule has 0 atom stereocenters. The number of hydrogen-bond acceptors (Lipinski definition) is 5. The predicted molar refractivity (Wildman–Crippen MR) is 63.6 cm³/mol. The van der Waals surface area contributed by atoms with Crippen molar-refractivity contribution in [2.75, 3.05) is 6.54 Å². The van der Waals surface area contributed by atoms with Crippen molar-refractivity contribution >= 4 is 11.9 Å². The average molecular weight is 261 g/mol. The fraction of sp³-hybridized carbons (Fsp3) is 0.182.